The molecule has 0 bridgehead atoms. The topological polar surface area (TPSA) is 21.3 Å². The van der Waals surface area contributed by atoms with Crippen molar-refractivity contribution in [2.75, 3.05) is 13.7 Å². The van der Waals surface area contributed by atoms with Crippen molar-refractivity contribution in [1.82, 2.24) is 5.32 Å². The zero-order valence-corrected chi connectivity index (χ0v) is 9.68. The van der Waals surface area contributed by atoms with Crippen LogP contribution in [0.1, 0.15) is 18.4 Å². The summed E-state index contributed by atoms with van der Waals surface area (Å²) in [6.07, 6.45) is 3.56. The lowest BCUT2D eigenvalue weighted by atomic mass is 10.0. The molecule has 3 heteroatoms. The van der Waals surface area contributed by atoms with Gasteiger partial charge in [0, 0.05) is 11.1 Å². The molecule has 2 nitrogen and oxygen atoms in total. The first-order chi connectivity index (χ1) is 7.29. The van der Waals surface area contributed by atoms with Gasteiger partial charge in [-0.3, -0.25) is 0 Å². The third kappa shape index (κ3) is 2.64. The maximum absolute atomic E-state index is 5.92. The molecule has 1 aliphatic rings. The minimum Gasteiger partial charge on any atom is -0.496 e. The molecule has 2 rings (SSSR count). The zero-order chi connectivity index (χ0) is 10.7. The second-order valence-electron chi connectivity index (χ2n) is 3.95. The Morgan fingerprint density at radius 3 is 3.07 bits per heavy atom. The first-order valence-electron chi connectivity index (χ1n) is 5.35. The summed E-state index contributed by atoms with van der Waals surface area (Å²) >= 11 is 5.92. The van der Waals surface area contributed by atoms with Gasteiger partial charge in [0.2, 0.25) is 0 Å². The Balaban J connectivity index is 2.12. The maximum atomic E-state index is 5.92. The Kier molecular flexibility index (Phi) is 3.49. The summed E-state index contributed by atoms with van der Waals surface area (Å²) in [5.41, 5.74) is 1.24. The van der Waals surface area contributed by atoms with Crippen LogP contribution in [0.15, 0.2) is 18.2 Å². The Morgan fingerprint density at radius 1 is 1.53 bits per heavy atom. The molecule has 1 aliphatic heterocycles. The molecule has 1 atom stereocenters. The zero-order valence-electron chi connectivity index (χ0n) is 8.92. The summed E-state index contributed by atoms with van der Waals surface area (Å²) in [6, 6.07) is 6.46. The first-order valence-corrected chi connectivity index (χ1v) is 5.73. The molecule has 0 saturated carbocycles. The molecule has 0 aromatic heterocycles. The van der Waals surface area contributed by atoms with Gasteiger partial charge in [0.05, 0.1) is 7.11 Å². The third-order valence-electron chi connectivity index (χ3n) is 2.88. The quantitative estimate of drug-likeness (QED) is 0.854. The third-order valence-corrected chi connectivity index (χ3v) is 3.11. The molecule has 0 aliphatic carbocycles. The first kappa shape index (κ1) is 10.8. The van der Waals surface area contributed by atoms with Crippen LogP contribution < -0.4 is 10.1 Å². The van der Waals surface area contributed by atoms with E-state index in [1.54, 1.807) is 7.11 Å². The van der Waals surface area contributed by atoms with Crippen molar-refractivity contribution in [2.45, 2.75) is 25.3 Å². The fraction of sp³-hybridized carbons (Fsp3) is 0.500. The highest BCUT2D eigenvalue weighted by atomic mass is 35.5. The normalized spacial score (nSPS) is 20.5. The van der Waals surface area contributed by atoms with Gasteiger partial charge in [0.15, 0.2) is 0 Å². The van der Waals surface area contributed by atoms with Crippen LogP contribution in [0.25, 0.3) is 0 Å². The average Bonchev–Trinajstić information content (AvgIpc) is 2.73. The van der Waals surface area contributed by atoms with E-state index >= 15 is 0 Å². The Morgan fingerprint density at radius 2 is 2.40 bits per heavy atom. The monoisotopic (exact) mass is 225 g/mol. The van der Waals surface area contributed by atoms with E-state index in [1.165, 1.54) is 18.4 Å². The Hall–Kier alpha value is -0.730. The van der Waals surface area contributed by atoms with E-state index < -0.39 is 0 Å². The number of nitrogens with one attached hydrogen (secondary N) is 1. The number of hydrogen-bond donors (Lipinski definition) is 1. The highest BCUT2D eigenvalue weighted by Gasteiger charge is 2.16. The van der Waals surface area contributed by atoms with Gasteiger partial charge in [-0.25, -0.2) is 0 Å². The van der Waals surface area contributed by atoms with Crippen LogP contribution >= 0.6 is 11.6 Å². The largest absolute Gasteiger partial charge is 0.496 e. The lowest BCUT2D eigenvalue weighted by Gasteiger charge is -2.13. The van der Waals surface area contributed by atoms with Gasteiger partial charge >= 0.3 is 0 Å². The van der Waals surface area contributed by atoms with Crippen LogP contribution in [0.5, 0.6) is 5.75 Å². The van der Waals surface area contributed by atoms with E-state index in [0.717, 1.165) is 23.7 Å². The molecular formula is C12H16ClNO. The minimum absolute atomic E-state index is 0.597. The number of ether oxygens (including phenoxy) is 1. The lowest BCUT2D eigenvalue weighted by Crippen LogP contribution is -2.23. The Labute approximate surface area is 95.6 Å². The molecule has 1 aromatic carbocycles. The van der Waals surface area contributed by atoms with Crippen molar-refractivity contribution in [3.05, 3.63) is 28.8 Å². The van der Waals surface area contributed by atoms with E-state index in [0.29, 0.717) is 6.04 Å². The van der Waals surface area contributed by atoms with Crippen LogP contribution in [0.2, 0.25) is 5.02 Å². The van der Waals surface area contributed by atoms with Gasteiger partial charge in [-0.2, -0.15) is 0 Å². The van der Waals surface area contributed by atoms with Crippen LogP contribution in [0.3, 0.4) is 0 Å². The van der Waals surface area contributed by atoms with Crippen LogP contribution in [-0.2, 0) is 6.42 Å². The van der Waals surface area contributed by atoms with Gasteiger partial charge < -0.3 is 10.1 Å². The number of hydrogen-bond acceptors (Lipinski definition) is 2. The second-order valence-corrected chi connectivity index (χ2v) is 4.39. The van der Waals surface area contributed by atoms with E-state index in [4.69, 9.17) is 16.3 Å². The molecule has 82 valence electrons. The van der Waals surface area contributed by atoms with Crippen molar-refractivity contribution in [3.63, 3.8) is 0 Å². The van der Waals surface area contributed by atoms with Gasteiger partial charge in [-0.1, -0.05) is 17.7 Å². The molecular weight excluding hydrogens is 210 g/mol. The van der Waals surface area contributed by atoms with Crippen molar-refractivity contribution < 1.29 is 4.74 Å². The number of halogens is 1. The molecule has 1 unspecified atom stereocenters. The molecule has 1 N–H and O–H groups in total. The molecule has 1 saturated heterocycles. The molecule has 0 amide bonds. The van der Waals surface area contributed by atoms with Crippen molar-refractivity contribution in [1.29, 1.82) is 0 Å². The molecule has 1 fully saturated rings. The van der Waals surface area contributed by atoms with Crippen molar-refractivity contribution in [2.24, 2.45) is 0 Å². The summed E-state index contributed by atoms with van der Waals surface area (Å²) < 4.78 is 5.32. The summed E-state index contributed by atoms with van der Waals surface area (Å²) in [5, 5.41) is 4.21. The van der Waals surface area contributed by atoms with Crippen molar-refractivity contribution >= 4 is 11.6 Å². The predicted octanol–water partition coefficient (Wildman–Crippen LogP) is 2.64. The van der Waals surface area contributed by atoms with Gasteiger partial charge in [0.1, 0.15) is 5.75 Å². The maximum Gasteiger partial charge on any atom is 0.123 e. The highest BCUT2D eigenvalue weighted by Crippen LogP contribution is 2.25. The van der Waals surface area contributed by atoms with Crippen LogP contribution in [0, 0.1) is 0 Å². The number of benzene rings is 1. The van der Waals surface area contributed by atoms with Gasteiger partial charge in [0.25, 0.3) is 0 Å². The Bertz CT molecular complexity index is 334. The summed E-state index contributed by atoms with van der Waals surface area (Å²) in [4.78, 5) is 0. The van der Waals surface area contributed by atoms with E-state index in [1.807, 2.05) is 12.1 Å². The van der Waals surface area contributed by atoms with Crippen LogP contribution in [0.4, 0.5) is 0 Å². The molecule has 15 heavy (non-hydrogen) atoms. The summed E-state index contributed by atoms with van der Waals surface area (Å²) in [5.74, 6) is 0.899. The minimum atomic E-state index is 0.597. The molecule has 0 radical (unpaired) electrons. The predicted molar refractivity (Wildman–Crippen MR) is 62.7 cm³/mol. The highest BCUT2D eigenvalue weighted by molar-refractivity contribution is 6.30. The van der Waals surface area contributed by atoms with Gasteiger partial charge in [-0.05, 0) is 43.5 Å². The van der Waals surface area contributed by atoms with E-state index in [9.17, 15) is 0 Å². The fourth-order valence-corrected chi connectivity index (χ4v) is 2.25. The smallest absolute Gasteiger partial charge is 0.123 e. The number of methoxy groups -OCH3 is 1. The standard InChI is InChI=1S/C12H16ClNO/c1-15-12-8-10(13)5-4-9(12)7-11-3-2-6-14-11/h4-5,8,11,14H,2-3,6-7H2,1H3. The SMILES string of the molecule is COc1cc(Cl)ccc1CC1CCCN1. The number of rotatable bonds is 3. The molecule has 0 spiro atoms. The van der Waals surface area contributed by atoms with E-state index in [2.05, 4.69) is 11.4 Å². The molecule has 1 heterocycles. The summed E-state index contributed by atoms with van der Waals surface area (Å²) in [7, 11) is 1.69. The van der Waals surface area contributed by atoms with Crippen LogP contribution in [-0.4, -0.2) is 19.7 Å². The second kappa shape index (κ2) is 4.86. The summed E-state index contributed by atoms with van der Waals surface area (Å²) in [6.45, 7) is 1.14. The molecule has 1 aromatic rings. The lowest BCUT2D eigenvalue weighted by molar-refractivity contribution is 0.407. The van der Waals surface area contributed by atoms with Crippen molar-refractivity contribution in [3.8, 4) is 5.75 Å². The average molecular weight is 226 g/mol. The van der Waals surface area contributed by atoms with E-state index in [-0.39, 0.29) is 0 Å². The van der Waals surface area contributed by atoms with Gasteiger partial charge in [-0.15, -0.1) is 0 Å². The fourth-order valence-electron chi connectivity index (χ4n) is 2.08.